The van der Waals surface area contributed by atoms with Crippen LogP contribution in [0.25, 0.3) is 0 Å². The maximum Gasteiger partial charge on any atom is 0.122 e. The van der Waals surface area contributed by atoms with Crippen molar-refractivity contribution < 1.29 is 9.47 Å². The number of ether oxygens (including phenoxy) is 2. The molecule has 0 aliphatic rings. The van der Waals surface area contributed by atoms with E-state index in [9.17, 15) is 0 Å². The molecule has 0 saturated carbocycles. The van der Waals surface area contributed by atoms with Crippen LogP contribution in [-0.4, -0.2) is 26.5 Å². The monoisotopic (exact) mass is 348 g/mol. The summed E-state index contributed by atoms with van der Waals surface area (Å²) in [6.07, 6.45) is 6.23. The van der Waals surface area contributed by atoms with Gasteiger partial charge in [0.25, 0.3) is 0 Å². The quantitative estimate of drug-likeness (QED) is 0.437. The Kier molecular flexibility index (Phi) is 8.43. The lowest BCUT2D eigenvalue weighted by molar-refractivity contribution is 0.411. The minimum atomic E-state index is 0.984. The van der Waals surface area contributed by atoms with Gasteiger partial charge in [0, 0.05) is 0 Å². The second-order valence-corrected chi connectivity index (χ2v) is 8.04. The van der Waals surface area contributed by atoms with Gasteiger partial charge in [-0.1, -0.05) is 36.4 Å². The fraction of sp³-hybridized carbons (Fsp3) is 0.368. The summed E-state index contributed by atoms with van der Waals surface area (Å²) in [4.78, 5) is 0. The van der Waals surface area contributed by atoms with Crippen molar-refractivity contribution in [1.29, 1.82) is 0 Å². The van der Waals surface area contributed by atoms with Gasteiger partial charge in [-0.2, -0.15) is 0 Å². The molecule has 23 heavy (non-hydrogen) atoms. The molecule has 0 spiro atoms. The standard InChI is InChI=1S/C19H26O2P2/c1-20-18-10-5-3-8-16(18)14-22-12-7-13-23-15-17-9-4-6-11-19(17)21-2/h3-6,8-11,22-23H,7,12-15H2,1-2H3. The van der Waals surface area contributed by atoms with Crippen molar-refractivity contribution in [3.05, 3.63) is 59.7 Å². The predicted octanol–water partition coefficient (Wildman–Crippen LogP) is 5.15. The summed E-state index contributed by atoms with van der Waals surface area (Å²) in [5, 5.41) is 0. The zero-order valence-corrected chi connectivity index (χ0v) is 16.0. The van der Waals surface area contributed by atoms with Crippen LogP contribution in [0.2, 0.25) is 0 Å². The summed E-state index contributed by atoms with van der Waals surface area (Å²) in [5.74, 6) is 2.05. The maximum atomic E-state index is 5.41. The molecule has 0 N–H and O–H groups in total. The smallest absolute Gasteiger partial charge is 0.122 e. The van der Waals surface area contributed by atoms with Crippen LogP contribution in [0.1, 0.15) is 17.5 Å². The molecule has 124 valence electrons. The highest BCUT2D eigenvalue weighted by Gasteiger charge is 2.02. The van der Waals surface area contributed by atoms with E-state index in [0.29, 0.717) is 0 Å². The van der Waals surface area contributed by atoms with Crippen LogP contribution in [0.5, 0.6) is 11.5 Å². The van der Waals surface area contributed by atoms with E-state index in [1.165, 1.54) is 29.9 Å². The second-order valence-electron chi connectivity index (χ2n) is 5.33. The first-order chi connectivity index (χ1) is 11.3. The summed E-state index contributed by atoms with van der Waals surface area (Å²) in [6, 6.07) is 16.7. The Balaban J connectivity index is 1.61. The fourth-order valence-electron chi connectivity index (χ4n) is 2.48. The summed E-state index contributed by atoms with van der Waals surface area (Å²) in [5.41, 5.74) is 2.68. The Morgan fingerprint density at radius 1 is 0.696 bits per heavy atom. The van der Waals surface area contributed by atoms with Gasteiger partial charge in [0.1, 0.15) is 11.5 Å². The van der Waals surface area contributed by atoms with Crippen molar-refractivity contribution in [3.63, 3.8) is 0 Å². The topological polar surface area (TPSA) is 18.5 Å². The van der Waals surface area contributed by atoms with E-state index < -0.39 is 0 Å². The van der Waals surface area contributed by atoms with Crippen LogP contribution in [0.15, 0.2) is 48.5 Å². The number of rotatable bonds is 10. The Bertz CT molecular complexity index is 536. The second kappa shape index (κ2) is 10.6. The average Bonchev–Trinajstić information content (AvgIpc) is 2.61. The Hall–Kier alpha value is -1.10. The van der Waals surface area contributed by atoms with E-state index in [1.54, 1.807) is 14.2 Å². The van der Waals surface area contributed by atoms with Gasteiger partial charge in [-0.15, -0.1) is 17.2 Å². The Morgan fingerprint density at radius 3 is 1.57 bits per heavy atom. The number of hydrogen-bond acceptors (Lipinski definition) is 2. The Labute approximate surface area is 143 Å². The van der Waals surface area contributed by atoms with E-state index in [1.807, 2.05) is 12.1 Å². The van der Waals surface area contributed by atoms with Crippen molar-refractivity contribution in [2.75, 3.05) is 26.5 Å². The summed E-state index contributed by atoms with van der Waals surface area (Å²) in [7, 11) is 5.47. The van der Waals surface area contributed by atoms with E-state index >= 15 is 0 Å². The molecule has 0 amide bonds. The minimum absolute atomic E-state index is 0.984. The van der Waals surface area contributed by atoms with Gasteiger partial charge >= 0.3 is 0 Å². The number of benzene rings is 2. The lowest BCUT2D eigenvalue weighted by Crippen LogP contribution is -1.91. The predicted molar refractivity (Wildman–Crippen MR) is 104 cm³/mol. The highest BCUT2D eigenvalue weighted by Crippen LogP contribution is 2.29. The normalized spacial score (nSPS) is 11.6. The minimum Gasteiger partial charge on any atom is -0.496 e. The number of hydrogen-bond donors (Lipinski definition) is 0. The molecule has 2 rings (SSSR count). The van der Waals surface area contributed by atoms with E-state index in [2.05, 4.69) is 36.4 Å². The van der Waals surface area contributed by atoms with Gasteiger partial charge in [-0.05, 0) is 54.3 Å². The largest absolute Gasteiger partial charge is 0.496 e. The molecule has 0 bridgehead atoms. The number of para-hydroxylation sites is 2. The molecule has 0 fully saturated rings. The van der Waals surface area contributed by atoms with Crippen molar-refractivity contribution >= 4 is 17.2 Å². The van der Waals surface area contributed by atoms with Gasteiger partial charge in [0.05, 0.1) is 14.2 Å². The SMILES string of the molecule is COc1ccccc1CPCCCPCc1ccccc1OC. The summed E-state index contributed by atoms with van der Waals surface area (Å²) < 4.78 is 10.8. The highest BCUT2D eigenvalue weighted by atomic mass is 31.1. The zero-order valence-electron chi connectivity index (χ0n) is 14.0. The van der Waals surface area contributed by atoms with Crippen LogP contribution in [0.3, 0.4) is 0 Å². The van der Waals surface area contributed by atoms with Crippen molar-refractivity contribution in [2.24, 2.45) is 0 Å². The van der Waals surface area contributed by atoms with Crippen molar-refractivity contribution in [2.45, 2.75) is 18.7 Å². The van der Waals surface area contributed by atoms with Gasteiger partial charge < -0.3 is 9.47 Å². The molecule has 0 aliphatic carbocycles. The van der Waals surface area contributed by atoms with E-state index in [-0.39, 0.29) is 0 Å². The molecule has 2 aromatic rings. The molecule has 0 heterocycles. The molecule has 2 atom stereocenters. The molecular formula is C19H26O2P2. The third-order valence-corrected chi connectivity index (χ3v) is 6.40. The fourth-order valence-corrected chi connectivity index (χ4v) is 5.17. The maximum absolute atomic E-state index is 5.41. The van der Waals surface area contributed by atoms with Crippen LogP contribution in [-0.2, 0) is 12.3 Å². The van der Waals surface area contributed by atoms with Gasteiger partial charge in [-0.3, -0.25) is 0 Å². The lowest BCUT2D eigenvalue weighted by Gasteiger charge is -2.09. The van der Waals surface area contributed by atoms with Crippen LogP contribution < -0.4 is 9.47 Å². The first-order valence-electron chi connectivity index (χ1n) is 8.00. The molecule has 0 aromatic heterocycles. The molecule has 0 aliphatic heterocycles. The lowest BCUT2D eigenvalue weighted by atomic mass is 10.2. The molecule has 0 saturated heterocycles. The summed E-state index contributed by atoms with van der Waals surface area (Å²) in [6.45, 7) is 0. The van der Waals surface area contributed by atoms with E-state index in [4.69, 9.17) is 9.47 Å². The van der Waals surface area contributed by atoms with Gasteiger partial charge in [-0.25, -0.2) is 0 Å². The zero-order chi connectivity index (χ0) is 16.3. The summed E-state index contributed by atoms with van der Waals surface area (Å²) >= 11 is 0. The molecule has 2 aromatic carbocycles. The molecule has 2 unspecified atom stereocenters. The molecular weight excluding hydrogens is 322 g/mol. The molecule has 4 heteroatoms. The first kappa shape index (κ1) is 18.2. The van der Waals surface area contributed by atoms with Crippen molar-refractivity contribution in [3.8, 4) is 11.5 Å². The number of methoxy groups -OCH3 is 2. The van der Waals surface area contributed by atoms with Crippen molar-refractivity contribution in [1.82, 2.24) is 0 Å². The van der Waals surface area contributed by atoms with Gasteiger partial charge in [0.2, 0.25) is 0 Å². The third kappa shape index (κ3) is 6.13. The van der Waals surface area contributed by atoms with Crippen LogP contribution >= 0.6 is 17.2 Å². The highest BCUT2D eigenvalue weighted by molar-refractivity contribution is 7.38. The van der Waals surface area contributed by atoms with E-state index in [0.717, 1.165) is 41.0 Å². The average molecular weight is 348 g/mol. The van der Waals surface area contributed by atoms with Crippen LogP contribution in [0.4, 0.5) is 0 Å². The van der Waals surface area contributed by atoms with Crippen LogP contribution in [0, 0.1) is 0 Å². The molecule has 0 radical (unpaired) electrons. The third-order valence-electron chi connectivity index (χ3n) is 3.72. The molecule has 2 nitrogen and oxygen atoms in total. The van der Waals surface area contributed by atoms with Gasteiger partial charge in [0.15, 0.2) is 0 Å². The Morgan fingerprint density at radius 2 is 1.13 bits per heavy atom. The first-order valence-corrected chi connectivity index (χ1v) is 10.8.